The Morgan fingerprint density at radius 1 is 1.35 bits per heavy atom. The van der Waals surface area contributed by atoms with Gasteiger partial charge in [0.2, 0.25) is 5.91 Å². The topological polar surface area (TPSA) is 57.9 Å². The number of fused-ring (bicyclic) bond motifs is 1. The summed E-state index contributed by atoms with van der Waals surface area (Å²) in [7, 11) is 0. The molecule has 0 aromatic carbocycles. The Labute approximate surface area is 138 Å². The van der Waals surface area contributed by atoms with Gasteiger partial charge in [0, 0.05) is 56.3 Å². The molecule has 3 heterocycles. The number of hydrogen-bond acceptors (Lipinski definition) is 5. The second kappa shape index (κ2) is 5.72. The van der Waals surface area contributed by atoms with Crippen LogP contribution in [0.4, 0.5) is 0 Å². The van der Waals surface area contributed by atoms with Crippen LogP contribution in [-0.2, 0) is 11.3 Å². The Balaban J connectivity index is 1.38. The molecule has 0 bridgehead atoms. The molecular formula is C16H20N4O2S. The van der Waals surface area contributed by atoms with Crippen LogP contribution in [0.15, 0.2) is 22.4 Å². The van der Waals surface area contributed by atoms with Crippen molar-refractivity contribution in [1.29, 1.82) is 0 Å². The van der Waals surface area contributed by atoms with Crippen LogP contribution in [-0.4, -0.2) is 51.3 Å². The van der Waals surface area contributed by atoms with Crippen LogP contribution in [0.25, 0.3) is 4.96 Å². The highest BCUT2D eigenvalue weighted by Gasteiger charge is 2.41. The third-order valence-corrected chi connectivity index (χ3v) is 5.61. The Morgan fingerprint density at radius 3 is 2.78 bits per heavy atom. The fraction of sp³-hybridized carbons (Fsp3) is 0.562. The summed E-state index contributed by atoms with van der Waals surface area (Å²) in [6.45, 7) is 6.07. The van der Waals surface area contributed by atoms with E-state index in [0.29, 0.717) is 18.4 Å². The van der Waals surface area contributed by atoms with Gasteiger partial charge in [-0.25, -0.2) is 4.98 Å². The average molecular weight is 332 g/mol. The van der Waals surface area contributed by atoms with E-state index in [1.807, 2.05) is 10.3 Å². The number of amides is 1. The van der Waals surface area contributed by atoms with Crippen molar-refractivity contribution in [3.63, 3.8) is 0 Å². The maximum Gasteiger partial charge on any atom is 0.258 e. The second-order valence-corrected chi connectivity index (χ2v) is 7.44. The highest BCUT2D eigenvalue weighted by molar-refractivity contribution is 7.15. The van der Waals surface area contributed by atoms with Crippen molar-refractivity contribution in [3.05, 3.63) is 33.7 Å². The quantitative estimate of drug-likeness (QED) is 0.843. The van der Waals surface area contributed by atoms with Gasteiger partial charge in [0.1, 0.15) is 0 Å². The molecule has 7 heteroatoms. The monoisotopic (exact) mass is 332 g/mol. The van der Waals surface area contributed by atoms with E-state index >= 15 is 0 Å². The first-order valence-electron chi connectivity index (χ1n) is 8.09. The van der Waals surface area contributed by atoms with Gasteiger partial charge in [0.05, 0.1) is 5.69 Å². The minimum Gasteiger partial charge on any atom is -0.340 e. The summed E-state index contributed by atoms with van der Waals surface area (Å²) in [5.74, 6) is 1.16. The van der Waals surface area contributed by atoms with Crippen LogP contribution < -0.4 is 5.56 Å². The van der Waals surface area contributed by atoms with Crippen molar-refractivity contribution in [2.24, 2.45) is 11.8 Å². The lowest BCUT2D eigenvalue weighted by molar-refractivity contribution is -0.134. The number of thiazole rings is 1. The third kappa shape index (κ3) is 2.90. The Morgan fingerprint density at radius 2 is 2.09 bits per heavy atom. The zero-order chi connectivity index (χ0) is 16.0. The third-order valence-electron chi connectivity index (χ3n) is 4.85. The van der Waals surface area contributed by atoms with Crippen molar-refractivity contribution >= 4 is 22.2 Å². The standard InChI is InChI=1S/C16H20N4O2S/c1-11-8-13(11)15(22)19-4-2-18(3-5-19)10-12-9-14(21)20-6-7-23-16(20)17-12/h6-7,9,11,13H,2-5,8,10H2,1H3/t11-,13-/m0/s1. The van der Waals surface area contributed by atoms with E-state index in [0.717, 1.165) is 43.3 Å². The van der Waals surface area contributed by atoms with Gasteiger partial charge < -0.3 is 4.90 Å². The number of carbonyl (C=O) groups excluding carboxylic acids is 1. The molecule has 6 nitrogen and oxygen atoms in total. The van der Waals surface area contributed by atoms with Crippen LogP contribution in [0.5, 0.6) is 0 Å². The van der Waals surface area contributed by atoms with Crippen molar-refractivity contribution in [1.82, 2.24) is 19.2 Å². The Kier molecular flexibility index (Phi) is 3.69. The lowest BCUT2D eigenvalue weighted by Gasteiger charge is -2.34. The maximum absolute atomic E-state index is 12.2. The molecule has 1 aliphatic heterocycles. The van der Waals surface area contributed by atoms with E-state index in [2.05, 4.69) is 16.8 Å². The van der Waals surface area contributed by atoms with Crippen molar-refractivity contribution in [2.45, 2.75) is 19.9 Å². The first kappa shape index (κ1) is 14.8. The van der Waals surface area contributed by atoms with Gasteiger partial charge in [-0.15, -0.1) is 11.3 Å². The second-order valence-electron chi connectivity index (χ2n) is 6.56. The molecule has 0 spiro atoms. The zero-order valence-corrected chi connectivity index (χ0v) is 14.0. The van der Waals surface area contributed by atoms with E-state index in [1.54, 1.807) is 16.7 Å². The van der Waals surface area contributed by atoms with Gasteiger partial charge in [-0.3, -0.25) is 18.9 Å². The first-order valence-corrected chi connectivity index (χ1v) is 8.97. The summed E-state index contributed by atoms with van der Waals surface area (Å²) >= 11 is 1.47. The number of rotatable bonds is 3. The van der Waals surface area contributed by atoms with Gasteiger partial charge in [0.25, 0.3) is 5.56 Å². The molecule has 4 rings (SSSR count). The van der Waals surface area contributed by atoms with Crippen molar-refractivity contribution < 1.29 is 4.79 Å². The van der Waals surface area contributed by atoms with Crippen LogP contribution in [0.1, 0.15) is 19.0 Å². The molecule has 2 aromatic rings. The Hall–Kier alpha value is -1.73. The lowest BCUT2D eigenvalue weighted by atomic mass is 10.2. The van der Waals surface area contributed by atoms with E-state index in [-0.39, 0.29) is 11.5 Å². The normalized spacial score (nSPS) is 25.0. The molecule has 122 valence electrons. The summed E-state index contributed by atoms with van der Waals surface area (Å²) in [6.07, 6.45) is 2.80. The van der Waals surface area contributed by atoms with Crippen LogP contribution >= 0.6 is 11.3 Å². The molecule has 1 saturated carbocycles. The summed E-state index contributed by atoms with van der Waals surface area (Å²) in [6, 6.07) is 1.61. The number of nitrogens with zero attached hydrogens (tertiary/aromatic N) is 4. The smallest absolute Gasteiger partial charge is 0.258 e. The summed E-state index contributed by atoms with van der Waals surface area (Å²) in [4.78, 5) is 33.8. The maximum atomic E-state index is 12.2. The molecule has 1 saturated heterocycles. The first-order chi connectivity index (χ1) is 11.1. The van der Waals surface area contributed by atoms with Gasteiger partial charge in [-0.05, 0) is 12.3 Å². The van der Waals surface area contributed by atoms with E-state index in [9.17, 15) is 9.59 Å². The average Bonchev–Trinajstić information content (AvgIpc) is 3.07. The lowest BCUT2D eigenvalue weighted by Crippen LogP contribution is -2.49. The van der Waals surface area contributed by atoms with E-state index in [1.165, 1.54) is 11.3 Å². The zero-order valence-electron chi connectivity index (χ0n) is 13.1. The molecule has 2 aromatic heterocycles. The van der Waals surface area contributed by atoms with Crippen molar-refractivity contribution in [3.8, 4) is 0 Å². The van der Waals surface area contributed by atoms with Gasteiger partial charge in [-0.1, -0.05) is 6.92 Å². The molecule has 2 atom stereocenters. The van der Waals surface area contributed by atoms with Crippen LogP contribution in [0, 0.1) is 11.8 Å². The van der Waals surface area contributed by atoms with Crippen molar-refractivity contribution in [2.75, 3.05) is 26.2 Å². The fourth-order valence-electron chi connectivity index (χ4n) is 3.22. The minimum atomic E-state index is -0.0252. The minimum absolute atomic E-state index is 0.0252. The van der Waals surface area contributed by atoms with Crippen LogP contribution in [0.3, 0.4) is 0 Å². The highest BCUT2D eigenvalue weighted by atomic mass is 32.1. The predicted octanol–water partition coefficient (Wildman–Crippen LogP) is 1.06. The van der Waals surface area contributed by atoms with Crippen LogP contribution in [0.2, 0.25) is 0 Å². The summed E-state index contributed by atoms with van der Waals surface area (Å²) in [5.41, 5.74) is 0.788. The molecular weight excluding hydrogens is 312 g/mol. The molecule has 2 fully saturated rings. The molecule has 23 heavy (non-hydrogen) atoms. The molecule has 0 unspecified atom stereocenters. The Bertz CT molecular complexity index is 791. The molecule has 2 aliphatic rings. The molecule has 1 amide bonds. The number of hydrogen-bond donors (Lipinski definition) is 0. The highest BCUT2D eigenvalue weighted by Crippen LogP contribution is 2.39. The SMILES string of the molecule is C[C@H]1C[C@@H]1C(=O)N1CCN(Cc2cc(=O)n3ccsc3n2)CC1. The number of piperazine rings is 1. The largest absolute Gasteiger partial charge is 0.340 e. The fourth-order valence-corrected chi connectivity index (χ4v) is 3.96. The molecule has 0 radical (unpaired) electrons. The summed E-state index contributed by atoms with van der Waals surface area (Å²) < 4.78 is 1.57. The number of carbonyl (C=O) groups is 1. The molecule has 0 N–H and O–H groups in total. The summed E-state index contributed by atoms with van der Waals surface area (Å²) in [5, 5.41) is 1.87. The predicted molar refractivity (Wildman–Crippen MR) is 88.5 cm³/mol. The van der Waals surface area contributed by atoms with E-state index < -0.39 is 0 Å². The van der Waals surface area contributed by atoms with E-state index in [4.69, 9.17) is 0 Å². The molecule has 1 aliphatic carbocycles. The van der Waals surface area contributed by atoms with Gasteiger partial charge in [-0.2, -0.15) is 0 Å². The number of aromatic nitrogens is 2. The van der Waals surface area contributed by atoms with Gasteiger partial charge in [0.15, 0.2) is 4.96 Å². The van der Waals surface area contributed by atoms with Gasteiger partial charge >= 0.3 is 0 Å².